The minimum atomic E-state index is -0.521. The van der Waals surface area contributed by atoms with Crippen LogP contribution >= 0.6 is 11.6 Å². The van der Waals surface area contributed by atoms with Gasteiger partial charge in [-0.3, -0.25) is 0 Å². The van der Waals surface area contributed by atoms with Crippen molar-refractivity contribution in [3.63, 3.8) is 0 Å². The quantitative estimate of drug-likeness (QED) is 0.526. The topological polar surface area (TPSA) is 47.6 Å². The number of alkyl halides is 1. The van der Waals surface area contributed by atoms with E-state index in [0.717, 1.165) is 0 Å². The summed E-state index contributed by atoms with van der Waals surface area (Å²) in [6, 6.07) is 3.61. The molecule has 0 amide bonds. The molecule has 0 aromatic heterocycles. The number of halogens is 1. The molecule has 0 fully saturated rings. The minimum Gasteiger partial charge on any atom is -0.197 e. The maximum atomic E-state index is 8.13. The van der Waals surface area contributed by atoms with Gasteiger partial charge in [-0.25, -0.2) is 0 Å². The fraction of sp³-hybridized carbons (Fsp3) is 0.600. The maximum absolute atomic E-state index is 8.13. The predicted octanol–water partition coefficient (Wildman–Crippen LogP) is 1.28. The van der Waals surface area contributed by atoms with Crippen LogP contribution < -0.4 is 0 Å². The number of hydrogen-bond donors (Lipinski definition) is 0. The van der Waals surface area contributed by atoms with Gasteiger partial charge in [-0.15, -0.1) is 11.6 Å². The number of hydrogen-bond acceptors (Lipinski definition) is 2. The molecule has 0 atom stereocenters. The van der Waals surface area contributed by atoms with Crippen LogP contribution in [0.5, 0.6) is 0 Å². The molecule has 0 radical (unpaired) electrons. The van der Waals surface area contributed by atoms with Gasteiger partial charge in [0.2, 0.25) is 0 Å². The number of rotatable bonds is 2. The molecule has 0 unspecified atom stereocenters. The molecule has 0 rings (SSSR count). The summed E-state index contributed by atoms with van der Waals surface area (Å²) in [4.78, 5) is 0. The molecule has 0 aliphatic carbocycles. The number of nitriles is 2. The second kappa shape index (κ2) is 4.43. The summed E-state index contributed by atoms with van der Waals surface area (Å²) in [5.41, 5.74) is 0. The third-order valence-electron chi connectivity index (χ3n) is 0.709. The molecule has 0 saturated carbocycles. The molecule has 0 aliphatic heterocycles. The van der Waals surface area contributed by atoms with Crippen molar-refractivity contribution >= 4 is 11.6 Å². The van der Waals surface area contributed by atoms with E-state index in [-0.39, 0.29) is 0 Å². The second-order valence-electron chi connectivity index (χ2n) is 1.29. The van der Waals surface area contributed by atoms with Crippen LogP contribution in [-0.2, 0) is 0 Å². The van der Waals surface area contributed by atoms with Gasteiger partial charge in [0.05, 0.1) is 12.1 Å². The lowest BCUT2D eigenvalue weighted by Gasteiger charge is -1.88. The molecule has 0 aromatic rings. The van der Waals surface area contributed by atoms with Crippen molar-refractivity contribution in [3.05, 3.63) is 0 Å². The van der Waals surface area contributed by atoms with E-state index in [0.29, 0.717) is 12.3 Å². The summed E-state index contributed by atoms with van der Waals surface area (Å²) in [5, 5.41) is 16.3. The van der Waals surface area contributed by atoms with Gasteiger partial charge in [-0.05, 0) is 6.42 Å². The van der Waals surface area contributed by atoms with E-state index in [2.05, 4.69) is 0 Å². The fourth-order valence-corrected chi connectivity index (χ4v) is 0.485. The van der Waals surface area contributed by atoms with Crippen molar-refractivity contribution in [2.75, 3.05) is 5.88 Å². The normalized spacial score (nSPS) is 8.00. The first-order valence-corrected chi connectivity index (χ1v) is 2.73. The van der Waals surface area contributed by atoms with Gasteiger partial charge in [0, 0.05) is 5.88 Å². The highest BCUT2D eigenvalue weighted by molar-refractivity contribution is 6.17. The summed E-state index contributed by atoms with van der Waals surface area (Å²) in [7, 11) is 0. The van der Waals surface area contributed by atoms with Crippen molar-refractivity contribution in [1.82, 2.24) is 0 Å². The highest BCUT2D eigenvalue weighted by atomic mass is 35.5. The van der Waals surface area contributed by atoms with E-state index >= 15 is 0 Å². The van der Waals surface area contributed by atoms with E-state index in [1.807, 2.05) is 12.1 Å². The Balaban J connectivity index is 3.46. The highest BCUT2D eigenvalue weighted by Gasteiger charge is 2.01. The lowest BCUT2D eigenvalue weighted by atomic mass is 10.1. The van der Waals surface area contributed by atoms with Crippen molar-refractivity contribution in [3.8, 4) is 12.1 Å². The summed E-state index contributed by atoms with van der Waals surface area (Å²) in [6.07, 6.45) is 0.467. The second-order valence-corrected chi connectivity index (χ2v) is 1.67. The van der Waals surface area contributed by atoms with Gasteiger partial charge in [0.1, 0.15) is 5.92 Å². The molecule has 0 aliphatic rings. The van der Waals surface area contributed by atoms with Gasteiger partial charge < -0.3 is 0 Å². The molecule has 0 N–H and O–H groups in total. The van der Waals surface area contributed by atoms with E-state index in [4.69, 9.17) is 22.1 Å². The summed E-state index contributed by atoms with van der Waals surface area (Å²) >= 11 is 5.25. The molecule has 2 nitrogen and oxygen atoms in total. The van der Waals surface area contributed by atoms with Crippen LogP contribution in [0, 0.1) is 28.6 Å². The Morgan fingerprint density at radius 1 is 1.38 bits per heavy atom. The molecule has 0 spiro atoms. The van der Waals surface area contributed by atoms with Crippen LogP contribution in [0.25, 0.3) is 0 Å². The smallest absolute Gasteiger partial charge is 0.134 e. The first-order valence-electron chi connectivity index (χ1n) is 2.20. The molecule has 0 bridgehead atoms. The monoisotopic (exact) mass is 128 g/mol. The largest absolute Gasteiger partial charge is 0.197 e. The molecule has 3 heteroatoms. The maximum Gasteiger partial charge on any atom is 0.134 e. The third kappa shape index (κ3) is 2.44. The Kier molecular flexibility index (Phi) is 4.03. The van der Waals surface area contributed by atoms with Gasteiger partial charge >= 0.3 is 0 Å². The SMILES string of the molecule is N#CC(C#N)CCCl. The minimum absolute atomic E-state index is 0.381. The molecule has 8 heavy (non-hydrogen) atoms. The van der Waals surface area contributed by atoms with Crippen LogP contribution in [0.3, 0.4) is 0 Å². The summed E-state index contributed by atoms with van der Waals surface area (Å²) in [5.74, 6) is -0.140. The predicted molar refractivity (Wildman–Crippen MR) is 30.1 cm³/mol. The Labute approximate surface area is 53.3 Å². The molecular weight excluding hydrogens is 124 g/mol. The zero-order chi connectivity index (χ0) is 6.41. The lowest BCUT2D eigenvalue weighted by Crippen LogP contribution is -1.91. The third-order valence-corrected chi connectivity index (χ3v) is 0.928. The van der Waals surface area contributed by atoms with Crippen LogP contribution in [0.2, 0.25) is 0 Å². The van der Waals surface area contributed by atoms with Crippen LogP contribution in [0.1, 0.15) is 6.42 Å². The standard InChI is InChI=1S/C5H5ClN2/c6-2-1-5(3-7)4-8/h5H,1-2H2. The average molecular weight is 129 g/mol. The lowest BCUT2D eigenvalue weighted by molar-refractivity contribution is 0.808. The van der Waals surface area contributed by atoms with E-state index in [9.17, 15) is 0 Å². The molecular formula is C5H5ClN2. The Morgan fingerprint density at radius 2 is 1.88 bits per heavy atom. The van der Waals surface area contributed by atoms with E-state index in [1.165, 1.54) is 0 Å². The Morgan fingerprint density at radius 3 is 2.00 bits per heavy atom. The van der Waals surface area contributed by atoms with Crippen LogP contribution in [-0.4, -0.2) is 5.88 Å². The van der Waals surface area contributed by atoms with Crippen molar-refractivity contribution in [2.45, 2.75) is 6.42 Å². The highest BCUT2D eigenvalue weighted by Crippen LogP contribution is 1.99. The van der Waals surface area contributed by atoms with Crippen molar-refractivity contribution in [1.29, 1.82) is 10.5 Å². The van der Waals surface area contributed by atoms with Crippen molar-refractivity contribution in [2.24, 2.45) is 5.92 Å². The van der Waals surface area contributed by atoms with Gasteiger partial charge in [-0.2, -0.15) is 10.5 Å². The molecule has 0 aromatic carbocycles. The van der Waals surface area contributed by atoms with Crippen molar-refractivity contribution < 1.29 is 0 Å². The van der Waals surface area contributed by atoms with E-state index in [1.54, 1.807) is 0 Å². The number of nitrogens with zero attached hydrogens (tertiary/aromatic N) is 2. The Hall–Kier alpha value is -0.730. The van der Waals surface area contributed by atoms with Gasteiger partial charge in [0.25, 0.3) is 0 Å². The molecule has 42 valence electrons. The van der Waals surface area contributed by atoms with Gasteiger partial charge in [-0.1, -0.05) is 0 Å². The molecule has 0 heterocycles. The van der Waals surface area contributed by atoms with Gasteiger partial charge in [0.15, 0.2) is 0 Å². The van der Waals surface area contributed by atoms with Crippen LogP contribution in [0.4, 0.5) is 0 Å². The fourth-order valence-electron chi connectivity index (χ4n) is 0.267. The zero-order valence-electron chi connectivity index (χ0n) is 4.26. The van der Waals surface area contributed by atoms with Crippen LogP contribution in [0.15, 0.2) is 0 Å². The zero-order valence-corrected chi connectivity index (χ0v) is 5.02. The van der Waals surface area contributed by atoms with E-state index < -0.39 is 5.92 Å². The summed E-state index contributed by atoms with van der Waals surface area (Å²) < 4.78 is 0. The Bertz CT molecular complexity index is 116. The summed E-state index contributed by atoms with van der Waals surface area (Å²) in [6.45, 7) is 0. The first-order chi connectivity index (χ1) is 3.85. The molecule has 0 saturated heterocycles. The average Bonchev–Trinajstić information content (AvgIpc) is 1.83. The first kappa shape index (κ1) is 7.27.